The molecule has 0 aliphatic carbocycles. The predicted molar refractivity (Wildman–Crippen MR) is 115 cm³/mol. The molecular weight excluding hydrogens is 382 g/mol. The van der Waals surface area contributed by atoms with E-state index in [1.807, 2.05) is 12.3 Å². The van der Waals surface area contributed by atoms with Crippen molar-refractivity contribution in [2.24, 2.45) is 11.7 Å². The Balaban J connectivity index is 0.000000309. The number of hydrogen-bond acceptors (Lipinski definition) is 6. The summed E-state index contributed by atoms with van der Waals surface area (Å²) in [5.41, 5.74) is 5.16. The molecule has 1 saturated heterocycles. The number of anilines is 1. The number of carbonyl (C=O) groups excluding carboxylic acids is 2. The van der Waals surface area contributed by atoms with Gasteiger partial charge in [0.15, 0.2) is 5.13 Å². The largest absolute Gasteiger partial charge is 0.380 e. The fourth-order valence-electron chi connectivity index (χ4n) is 2.61. The predicted octanol–water partition coefficient (Wildman–Crippen LogP) is 2.39. The first-order valence-corrected chi connectivity index (χ1v) is 10.6. The zero-order valence-electron chi connectivity index (χ0n) is 16.2. The Morgan fingerprint density at radius 2 is 2.04 bits per heavy atom. The lowest BCUT2D eigenvalue weighted by Gasteiger charge is -2.26. The number of nitrogens with zero attached hydrogens (tertiary/aromatic N) is 2. The number of nitrogens with one attached hydrogen (secondary N) is 2. The number of thiocarbonyl (C=S) groups is 1. The van der Waals surface area contributed by atoms with Crippen LogP contribution in [0.2, 0.25) is 0 Å². The Hall–Kier alpha value is -1.58. The summed E-state index contributed by atoms with van der Waals surface area (Å²) in [4.78, 5) is 29.2. The second-order valence-electron chi connectivity index (χ2n) is 6.66. The molecule has 9 heteroatoms. The van der Waals surface area contributed by atoms with Crippen LogP contribution in [0.1, 0.15) is 45.4 Å². The lowest BCUT2D eigenvalue weighted by molar-refractivity contribution is -0.123. The third-order valence-corrected chi connectivity index (χ3v) is 5.09. The number of likely N-dealkylation sites (tertiary alicyclic amines) is 1. The summed E-state index contributed by atoms with van der Waals surface area (Å²) in [6.07, 6.45) is 7.07. The van der Waals surface area contributed by atoms with Crippen molar-refractivity contribution in [2.45, 2.75) is 45.4 Å². The SMILES string of the molecule is CC(=S)NCCCCCC(=O)Nc1nccs1.CN1CCC(C(N)=O)CC1. The molecule has 0 bridgehead atoms. The zero-order chi connectivity index (χ0) is 20.1. The lowest BCUT2D eigenvalue weighted by Crippen LogP contribution is -2.36. The van der Waals surface area contributed by atoms with Crippen LogP contribution in [0.25, 0.3) is 0 Å². The Morgan fingerprint density at radius 1 is 1.33 bits per heavy atom. The van der Waals surface area contributed by atoms with Crippen LogP contribution < -0.4 is 16.4 Å². The fourth-order valence-corrected chi connectivity index (χ4v) is 3.26. The maximum absolute atomic E-state index is 11.5. The minimum absolute atomic E-state index is 0.0407. The number of nitrogens with two attached hydrogens (primary N) is 1. The Morgan fingerprint density at radius 3 is 2.59 bits per heavy atom. The van der Waals surface area contributed by atoms with Gasteiger partial charge in [-0.2, -0.15) is 0 Å². The molecular formula is C18H31N5O2S2. The number of primary amides is 1. The first-order chi connectivity index (χ1) is 12.9. The third-order valence-electron chi connectivity index (χ3n) is 4.25. The second kappa shape index (κ2) is 13.6. The summed E-state index contributed by atoms with van der Waals surface area (Å²) in [5.74, 6) is 0.0446. The average Bonchev–Trinajstić information content (AvgIpc) is 3.11. The van der Waals surface area contributed by atoms with Crippen molar-refractivity contribution < 1.29 is 9.59 Å². The number of rotatable bonds is 8. The number of amides is 2. The van der Waals surface area contributed by atoms with E-state index in [9.17, 15) is 9.59 Å². The summed E-state index contributed by atoms with van der Waals surface area (Å²) >= 11 is 6.33. The van der Waals surface area contributed by atoms with E-state index >= 15 is 0 Å². The summed E-state index contributed by atoms with van der Waals surface area (Å²) in [6, 6.07) is 0. The van der Waals surface area contributed by atoms with E-state index in [2.05, 4.69) is 27.6 Å². The molecule has 0 atom stereocenters. The van der Waals surface area contributed by atoms with Crippen LogP contribution in [0, 0.1) is 5.92 Å². The normalized spacial score (nSPS) is 14.7. The molecule has 2 amide bonds. The van der Waals surface area contributed by atoms with Gasteiger partial charge in [0.2, 0.25) is 11.8 Å². The van der Waals surface area contributed by atoms with Gasteiger partial charge in [-0.3, -0.25) is 9.59 Å². The number of thiazole rings is 1. The van der Waals surface area contributed by atoms with Crippen LogP contribution >= 0.6 is 23.6 Å². The van der Waals surface area contributed by atoms with E-state index in [1.165, 1.54) is 11.3 Å². The highest BCUT2D eigenvalue weighted by molar-refractivity contribution is 7.80. The summed E-state index contributed by atoms with van der Waals surface area (Å²) in [7, 11) is 2.07. The number of aromatic nitrogens is 1. The molecule has 1 aromatic heterocycles. The minimum Gasteiger partial charge on any atom is -0.380 e. The summed E-state index contributed by atoms with van der Waals surface area (Å²) in [6.45, 7) is 4.78. The minimum atomic E-state index is -0.131. The Bertz CT molecular complexity index is 572. The van der Waals surface area contributed by atoms with Crippen LogP contribution in [0.3, 0.4) is 0 Å². The van der Waals surface area contributed by atoms with Gasteiger partial charge in [0.05, 0.1) is 4.99 Å². The van der Waals surface area contributed by atoms with Gasteiger partial charge in [-0.25, -0.2) is 4.98 Å². The maximum atomic E-state index is 11.5. The van der Waals surface area contributed by atoms with Crippen molar-refractivity contribution in [3.8, 4) is 0 Å². The van der Waals surface area contributed by atoms with Gasteiger partial charge in [0.1, 0.15) is 0 Å². The van der Waals surface area contributed by atoms with Crippen molar-refractivity contribution in [3.63, 3.8) is 0 Å². The molecule has 1 aliphatic heterocycles. The van der Waals surface area contributed by atoms with Crippen LogP contribution in [-0.4, -0.2) is 53.4 Å². The Labute approximate surface area is 171 Å². The number of unbranched alkanes of at least 4 members (excludes halogenated alkanes) is 2. The van der Waals surface area contributed by atoms with E-state index in [4.69, 9.17) is 18.0 Å². The van der Waals surface area contributed by atoms with Crippen LogP contribution in [0.4, 0.5) is 5.13 Å². The van der Waals surface area contributed by atoms with Gasteiger partial charge in [-0.15, -0.1) is 11.3 Å². The van der Waals surface area contributed by atoms with Gasteiger partial charge >= 0.3 is 0 Å². The lowest BCUT2D eigenvalue weighted by atomic mass is 9.97. The first kappa shape index (κ1) is 23.5. The van der Waals surface area contributed by atoms with Gasteiger partial charge < -0.3 is 21.3 Å². The molecule has 1 aromatic rings. The quantitative estimate of drug-likeness (QED) is 0.447. The smallest absolute Gasteiger partial charge is 0.226 e. The third kappa shape index (κ3) is 11.7. The molecule has 0 saturated carbocycles. The maximum Gasteiger partial charge on any atom is 0.226 e. The molecule has 1 aliphatic rings. The first-order valence-electron chi connectivity index (χ1n) is 9.30. The van der Waals surface area contributed by atoms with E-state index in [0.29, 0.717) is 11.6 Å². The summed E-state index contributed by atoms with van der Waals surface area (Å²) in [5, 5.41) is 8.37. The van der Waals surface area contributed by atoms with E-state index in [1.54, 1.807) is 6.20 Å². The van der Waals surface area contributed by atoms with Gasteiger partial charge in [-0.1, -0.05) is 18.6 Å². The van der Waals surface area contributed by atoms with Crippen molar-refractivity contribution in [2.75, 3.05) is 32.0 Å². The van der Waals surface area contributed by atoms with Crippen molar-refractivity contribution in [1.82, 2.24) is 15.2 Å². The fraction of sp³-hybridized carbons (Fsp3) is 0.667. The molecule has 0 spiro atoms. The number of piperidine rings is 1. The van der Waals surface area contributed by atoms with Crippen LogP contribution in [0.15, 0.2) is 11.6 Å². The number of hydrogen-bond donors (Lipinski definition) is 3. The number of carbonyl (C=O) groups is 2. The highest BCUT2D eigenvalue weighted by Crippen LogP contribution is 2.14. The molecule has 0 unspecified atom stereocenters. The standard InChI is InChI=1S/C11H17N3OS2.C7H14N2O/c1-9(16)12-6-4-2-3-5-10(15)14-11-13-7-8-17-11;1-9-4-2-6(3-5-9)7(8)10/h7-8H,2-6H2,1H3,(H,12,16)(H,13,14,15);6H,2-5H2,1H3,(H2,8,10). The van der Waals surface area contributed by atoms with Gasteiger partial charge in [0.25, 0.3) is 0 Å². The van der Waals surface area contributed by atoms with Crippen molar-refractivity contribution >= 4 is 45.5 Å². The average molecular weight is 414 g/mol. The van der Waals surface area contributed by atoms with E-state index < -0.39 is 0 Å². The Kier molecular flexibility index (Phi) is 11.8. The summed E-state index contributed by atoms with van der Waals surface area (Å²) < 4.78 is 0. The van der Waals surface area contributed by atoms with Gasteiger partial charge in [0, 0.05) is 30.5 Å². The molecule has 2 rings (SSSR count). The molecule has 4 N–H and O–H groups in total. The van der Waals surface area contributed by atoms with Crippen molar-refractivity contribution in [3.05, 3.63) is 11.6 Å². The highest BCUT2D eigenvalue weighted by atomic mass is 32.1. The molecule has 27 heavy (non-hydrogen) atoms. The van der Waals surface area contributed by atoms with E-state index in [0.717, 1.165) is 56.7 Å². The second-order valence-corrected chi connectivity index (χ2v) is 8.17. The molecule has 152 valence electrons. The molecule has 0 radical (unpaired) electrons. The van der Waals surface area contributed by atoms with Crippen LogP contribution in [-0.2, 0) is 9.59 Å². The van der Waals surface area contributed by atoms with Crippen LogP contribution in [0.5, 0.6) is 0 Å². The molecule has 2 heterocycles. The van der Waals surface area contributed by atoms with E-state index in [-0.39, 0.29) is 17.7 Å². The van der Waals surface area contributed by atoms with Crippen molar-refractivity contribution in [1.29, 1.82) is 0 Å². The monoisotopic (exact) mass is 413 g/mol. The zero-order valence-corrected chi connectivity index (χ0v) is 17.8. The molecule has 0 aromatic carbocycles. The van der Waals surface area contributed by atoms with Gasteiger partial charge in [-0.05, 0) is 52.7 Å². The molecule has 1 fully saturated rings. The highest BCUT2D eigenvalue weighted by Gasteiger charge is 2.20. The topological polar surface area (TPSA) is 100 Å². The molecule has 7 nitrogen and oxygen atoms in total.